The van der Waals surface area contributed by atoms with Crippen molar-refractivity contribution in [3.05, 3.63) is 24.2 Å². The number of likely N-dealkylation sites (tertiary alicyclic amines) is 1. The number of nitrogens with zero attached hydrogens (tertiary/aromatic N) is 1. The molecular formula is C11H15NO3. The molecule has 0 spiro atoms. The van der Waals surface area contributed by atoms with Gasteiger partial charge in [0.25, 0.3) is 5.91 Å². The molecular weight excluding hydrogens is 194 g/mol. The molecule has 1 aromatic rings. The van der Waals surface area contributed by atoms with Crippen LogP contribution in [0.15, 0.2) is 23.0 Å². The molecule has 1 aromatic heterocycles. The topological polar surface area (TPSA) is 53.7 Å². The maximum Gasteiger partial charge on any atom is 0.257 e. The quantitative estimate of drug-likeness (QED) is 0.757. The summed E-state index contributed by atoms with van der Waals surface area (Å²) in [5.41, 5.74) is 0.589. The van der Waals surface area contributed by atoms with E-state index in [1.54, 1.807) is 11.0 Å². The van der Waals surface area contributed by atoms with Crippen LogP contribution in [0.25, 0.3) is 0 Å². The molecule has 1 aliphatic rings. The Balaban J connectivity index is 2.01. The Morgan fingerprint density at radius 1 is 1.47 bits per heavy atom. The third-order valence-corrected chi connectivity index (χ3v) is 2.75. The van der Waals surface area contributed by atoms with Crippen LogP contribution in [0.1, 0.15) is 29.6 Å². The van der Waals surface area contributed by atoms with Crippen molar-refractivity contribution >= 4 is 5.91 Å². The minimum Gasteiger partial charge on any atom is -0.472 e. The number of aliphatic hydroxyl groups excluding tert-OH is 1. The van der Waals surface area contributed by atoms with Crippen molar-refractivity contribution in [1.29, 1.82) is 0 Å². The van der Waals surface area contributed by atoms with Crippen molar-refractivity contribution in [1.82, 2.24) is 4.90 Å². The smallest absolute Gasteiger partial charge is 0.257 e. The first-order chi connectivity index (χ1) is 7.27. The van der Waals surface area contributed by atoms with Gasteiger partial charge in [-0.05, 0) is 25.3 Å². The summed E-state index contributed by atoms with van der Waals surface area (Å²) in [5, 5.41) is 9.46. The molecule has 0 radical (unpaired) electrons. The predicted octanol–water partition coefficient (Wildman–Crippen LogP) is 1.27. The number of hydrogen-bond donors (Lipinski definition) is 1. The summed E-state index contributed by atoms with van der Waals surface area (Å²) in [5.74, 6) is -0.00199. The Bertz CT molecular complexity index is 321. The van der Waals surface area contributed by atoms with Gasteiger partial charge in [-0.2, -0.15) is 0 Å². The molecule has 0 bridgehead atoms. The van der Waals surface area contributed by atoms with Gasteiger partial charge in [-0.3, -0.25) is 4.79 Å². The molecule has 1 atom stereocenters. The van der Waals surface area contributed by atoms with E-state index in [2.05, 4.69) is 0 Å². The average molecular weight is 209 g/mol. The van der Waals surface area contributed by atoms with Gasteiger partial charge in [0, 0.05) is 13.1 Å². The predicted molar refractivity (Wildman–Crippen MR) is 54.5 cm³/mol. The molecule has 2 rings (SSSR count). The summed E-state index contributed by atoms with van der Waals surface area (Å²) in [4.78, 5) is 13.7. The molecule has 15 heavy (non-hydrogen) atoms. The van der Waals surface area contributed by atoms with Gasteiger partial charge in [-0.1, -0.05) is 0 Å². The number of aliphatic hydroxyl groups is 1. The second-order valence-electron chi connectivity index (χ2n) is 3.89. The molecule has 0 aliphatic carbocycles. The molecule has 1 N–H and O–H groups in total. The largest absolute Gasteiger partial charge is 0.472 e. The van der Waals surface area contributed by atoms with E-state index in [9.17, 15) is 9.90 Å². The lowest BCUT2D eigenvalue weighted by molar-refractivity contribution is 0.0752. The van der Waals surface area contributed by atoms with E-state index in [4.69, 9.17) is 4.42 Å². The molecule has 0 saturated carbocycles. The highest BCUT2D eigenvalue weighted by Crippen LogP contribution is 2.14. The van der Waals surface area contributed by atoms with E-state index in [0.29, 0.717) is 18.5 Å². The van der Waals surface area contributed by atoms with Gasteiger partial charge in [0.05, 0.1) is 17.9 Å². The van der Waals surface area contributed by atoms with Crippen LogP contribution < -0.4 is 0 Å². The molecule has 1 unspecified atom stereocenters. The second kappa shape index (κ2) is 4.49. The molecule has 0 aromatic carbocycles. The summed E-state index contributed by atoms with van der Waals surface area (Å²) in [6.45, 7) is 1.35. The highest BCUT2D eigenvalue weighted by atomic mass is 16.3. The van der Waals surface area contributed by atoms with Crippen molar-refractivity contribution in [2.45, 2.75) is 25.4 Å². The van der Waals surface area contributed by atoms with Crippen molar-refractivity contribution < 1.29 is 14.3 Å². The van der Waals surface area contributed by atoms with Crippen LogP contribution in [0.5, 0.6) is 0 Å². The third-order valence-electron chi connectivity index (χ3n) is 2.75. The summed E-state index contributed by atoms with van der Waals surface area (Å²) >= 11 is 0. The highest BCUT2D eigenvalue weighted by molar-refractivity contribution is 5.93. The number of carbonyl (C=O) groups is 1. The first-order valence-corrected chi connectivity index (χ1v) is 5.27. The standard InChI is InChI=1S/C11H15NO3/c13-10-2-1-5-12(6-3-10)11(14)9-4-7-15-8-9/h4,7-8,10,13H,1-3,5-6H2. The van der Waals surface area contributed by atoms with Crippen LogP contribution in [0.3, 0.4) is 0 Å². The lowest BCUT2D eigenvalue weighted by Crippen LogP contribution is -2.31. The maximum atomic E-state index is 11.9. The molecule has 2 heterocycles. The minimum atomic E-state index is -0.257. The van der Waals surface area contributed by atoms with Gasteiger partial charge in [-0.15, -0.1) is 0 Å². The van der Waals surface area contributed by atoms with Crippen LogP contribution in [0.4, 0.5) is 0 Å². The Kier molecular flexibility index (Phi) is 3.06. The van der Waals surface area contributed by atoms with Gasteiger partial charge >= 0.3 is 0 Å². The van der Waals surface area contributed by atoms with Crippen molar-refractivity contribution in [2.75, 3.05) is 13.1 Å². The zero-order valence-corrected chi connectivity index (χ0v) is 8.56. The average Bonchev–Trinajstić information content (AvgIpc) is 2.67. The lowest BCUT2D eigenvalue weighted by atomic mass is 10.2. The van der Waals surface area contributed by atoms with Crippen LogP contribution >= 0.6 is 0 Å². The first kappa shape index (κ1) is 10.2. The Hall–Kier alpha value is -1.29. The van der Waals surface area contributed by atoms with Crippen molar-refractivity contribution in [3.8, 4) is 0 Å². The number of hydrogen-bond acceptors (Lipinski definition) is 3. The van der Waals surface area contributed by atoms with Crippen LogP contribution in [0, 0.1) is 0 Å². The van der Waals surface area contributed by atoms with Crippen LogP contribution in [-0.4, -0.2) is 35.1 Å². The second-order valence-corrected chi connectivity index (χ2v) is 3.89. The zero-order chi connectivity index (χ0) is 10.7. The fourth-order valence-corrected chi connectivity index (χ4v) is 1.85. The zero-order valence-electron chi connectivity index (χ0n) is 8.56. The maximum absolute atomic E-state index is 11.9. The fourth-order valence-electron chi connectivity index (χ4n) is 1.85. The molecule has 1 saturated heterocycles. The molecule has 4 heteroatoms. The van der Waals surface area contributed by atoms with Crippen LogP contribution in [0.2, 0.25) is 0 Å². The van der Waals surface area contributed by atoms with Gasteiger partial charge < -0.3 is 14.4 Å². The van der Waals surface area contributed by atoms with E-state index in [1.807, 2.05) is 0 Å². The monoisotopic (exact) mass is 209 g/mol. The van der Waals surface area contributed by atoms with Crippen LogP contribution in [-0.2, 0) is 0 Å². The Labute approximate surface area is 88.5 Å². The third kappa shape index (κ3) is 2.39. The molecule has 1 amide bonds. The molecule has 4 nitrogen and oxygen atoms in total. The van der Waals surface area contributed by atoms with Crippen molar-refractivity contribution in [2.24, 2.45) is 0 Å². The normalized spacial score (nSPS) is 22.5. The van der Waals surface area contributed by atoms with Gasteiger partial charge in [0.1, 0.15) is 6.26 Å². The molecule has 82 valence electrons. The number of amides is 1. The number of furan rings is 1. The van der Waals surface area contributed by atoms with E-state index in [-0.39, 0.29) is 12.0 Å². The fraction of sp³-hybridized carbons (Fsp3) is 0.545. The first-order valence-electron chi connectivity index (χ1n) is 5.27. The van der Waals surface area contributed by atoms with E-state index in [0.717, 1.165) is 19.4 Å². The summed E-state index contributed by atoms with van der Waals surface area (Å²) in [6.07, 6.45) is 5.03. The Morgan fingerprint density at radius 3 is 3.07 bits per heavy atom. The summed E-state index contributed by atoms with van der Waals surface area (Å²) in [7, 11) is 0. The van der Waals surface area contributed by atoms with Gasteiger partial charge in [0.2, 0.25) is 0 Å². The summed E-state index contributed by atoms with van der Waals surface area (Å²) < 4.78 is 4.88. The van der Waals surface area contributed by atoms with Gasteiger partial charge in [0.15, 0.2) is 0 Å². The number of carbonyl (C=O) groups excluding carboxylic acids is 1. The SMILES string of the molecule is O=C(c1ccoc1)N1CCCC(O)CC1. The minimum absolute atomic E-state index is 0.00199. The summed E-state index contributed by atoms with van der Waals surface area (Å²) in [6, 6.07) is 1.67. The van der Waals surface area contributed by atoms with Crippen molar-refractivity contribution in [3.63, 3.8) is 0 Å². The van der Waals surface area contributed by atoms with E-state index < -0.39 is 0 Å². The van der Waals surface area contributed by atoms with Gasteiger partial charge in [-0.25, -0.2) is 0 Å². The van der Waals surface area contributed by atoms with E-state index in [1.165, 1.54) is 12.5 Å². The van der Waals surface area contributed by atoms with E-state index >= 15 is 0 Å². The number of rotatable bonds is 1. The molecule has 1 aliphatic heterocycles. The Morgan fingerprint density at radius 2 is 2.33 bits per heavy atom. The molecule has 1 fully saturated rings. The lowest BCUT2D eigenvalue weighted by Gasteiger charge is -2.19. The highest BCUT2D eigenvalue weighted by Gasteiger charge is 2.20.